The first kappa shape index (κ1) is 21.5. The molecule has 10 heteroatoms. The summed E-state index contributed by atoms with van der Waals surface area (Å²) in [5.41, 5.74) is 2.53. The van der Waals surface area contributed by atoms with E-state index in [9.17, 15) is 9.90 Å². The van der Waals surface area contributed by atoms with E-state index < -0.39 is 11.5 Å². The number of hydrogen-bond donors (Lipinski definition) is 4. The van der Waals surface area contributed by atoms with Gasteiger partial charge in [-0.2, -0.15) is 4.98 Å². The van der Waals surface area contributed by atoms with Crippen LogP contribution in [0.2, 0.25) is 0 Å². The Balaban J connectivity index is 1.17. The standard InChI is InChI=1S/C26H27N7O3/c34-24(30-12-17-3-1-2-5-27-17)23-32-25(36-33-23)19-13-29-22-18(4-6-28-22)21(19)31-20-15-7-14-8-16(20)11-26(35,9-14)10-15/h1-6,13-16,20,35H,7-12H2,(H,30,34)(H2,28,29,31)/t14?,15-,16+,20+,26-. The molecule has 0 aromatic carbocycles. The third-order valence-electron chi connectivity index (χ3n) is 8.15. The molecule has 4 N–H and O–H groups in total. The van der Waals surface area contributed by atoms with Crippen molar-refractivity contribution in [1.29, 1.82) is 0 Å². The van der Waals surface area contributed by atoms with Gasteiger partial charge in [-0.05, 0) is 68.1 Å². The van der Waals surface area contributed by atoms with Gasteiger partial charge in [0.1, 0.15) is 5.65 Å². The fourth-order valence-corrected chi connectivity index (χ4v) is 6.89. The Morgan fingerprint density at radius 3 is 2.81 bits per heavy atom. The summed E-state index contributed by atoms with van der Waals surface area (Å²) in [7, 11) is 0. The van der Waals surface area contributed by atoms with Gasteiger partial charge >= 0.3 is 0 Å². The Labute approximate surface area is 206 Å². The van der Waals surface area contributed by atoms with Gasteiger partial charge in [-0.3, -0.25) is 9.78 Å². The molecule has 4 bridgehead atoms. The molecule has 36 heavy (non-hydrogen) atoms. The maximum absolute atomic E-state index is 12.6. The number of amides is 1. The highest BCUT2D eigenvalue weighted by Gasteiger charge is 2.54. The minimum Gasteiger partial charge on any atom is -0.390 e. The van der Waals surface area contributed by atoms with Crippen LogP contribution in [0.4, 0.5) is 5.69 Å². The van der Waals surface area contributed by atoms with Crippen LogP contribution < -0.4 is 10.6 Å². The van der Waals surface area contributed by atoms with Crippen LogP contribution in [0, 0.1) is 17.8 Å². The van der Waals surface area contributed by atoms with Gasteiger partial charge in [-0.25, -0.2) is 4.98 Å². The molecule has 4 aromatic rings. The molecule has 0 aliphatic heterocycles. The summed E-state index contributed by atoms with van der Waals surface area (Å²) >= 11 is 0. The molecule has 1 unspecified atom stereocenters. The lowest BCUT2D eigenvalue weighted by Crippen LogP contribution is -2.59. The fraction of sp³-hybridized carbons (Fsp3) is 0.423. The highest BCUT2D eigenvalue weighted by molar-refractivity contribution is 5.97. The summed E-state index contributed by atoms with van der Waals surface area (Å²) in [6, 6.07) is 7.76. The average molecular weight is 486 g/mol. The Bertz CT molecular complexity index is 1420. The molecular weight excluding hydrogens is 458 g/mol. The zero-order valence-corrected chi connectivity index (χ0v) is 19.6. The third kappa shape index (κ3) is 3.63. The molecule has 4 fully saturated rings. The number of carbonyl (C=O) groups excluding carboxylic acids is 1. The van der Waals surface area contributed by atoms with Gasteiger partial charge < -0.3 is 25.2 Å². The van der Waals surface area contributed by atoms with E-state index in [4.69, 9.17) is 4.52 Å². The molecular formula is C26H27N7O3. The normalized spacial score (nSPS) is 28.5. The van der Waals surface area contributed by atoms with E-state index in [-0.39, 0.29) is 24.3 Å². The van der Waals surface area contributed by atoms with Gasteiger partial charge in [-0.15, -0.1) is 0 Å². The molecule has 5 atom stereocenters. The average Bonchev–Trinajstić information content (AvgIpc) is 3.54. The maximum Gasteiger partial charge on any atom is 0.293 e. The number of nitrogens with zero attached hydrogens (tertiary/aromatic N) is 4. The molecule has 4 aliphatic rings. The monoisotopic (exact) mass is 485 g/mol. The van der Waals surface area contributed by atoms with Crippen molar-refractivity contribution in [3.05, 3.63) is 54.4 Å². The minimum absolute atomic E-state index is 0.0436. The molecule has 0 spiro atoms. The van der Waals surface area contributed by atoms with Crippen LogP contribution in [0.3, 0.4) is 0 Å². The molecule has 4 heterocycles. The molecule has 4 aromatic heterocycles. The lowest BCUT2D eigenvalue weighted by atomic mass is 9.52. The summed E-state index contributed by atoms with van der Waals surface area (Å²) < 4.78 is 5.55. The van der Waals surface area contributed by atoms with Crippen LogP contribution in [0.1, 0.15) is 48.4 Å². The second-order valence-corrected chi connectivity index (χ2v) is 10.6. The first-order valence-corrected chi connectivity index (χ1v) is 12.5. The first-order valence-electron chi connectivity index (χ1n) is 12.5. The Kier molecular flexibility index (Phi) is 4.85. The highest BCUT2D eigenvalue weighted by Crippen LogP contribution is 2.56. The zero-order valence-electron chi connectivity index (χ0n) is 19.6. The van der Waals surface area contributed by atoms with Crippen LogP contribution in [0.25, 0.3) is 22.5 Å². The Morgan fingerprint density at radius 2 is 2.03 bits per heavy atom. The lowest BCUT2D eigenvalue weighted by Gasteiger charge is -2.58. The number of aromatic amines is 1. The van der Waals surface area contributed by atoms with Crippen molar-refractivity contribution in [3.63, 3.8) is 0 Å². The van der Waals surface area contributed by atoms with Gasteiger partial charge in [0, 0.05) is 30.0 Å². The second kappa shape index (κ2) is 8.12. The molecule has 0 radical (unpaired) electrons. The predicted molar refractivity (Wildman–Crippen MR) is 131 cm³/mol. The van der Waals surface area contributed by atoms with E-state index in [1.165, 1.54) is 0 Å². The summed E-state index contributed by atoms with van der Waals surface area (Å²) in [4.78, 5) is 29.0. The molecule has 184 valence electrons. The van der Waals surface area contributed by atoms with Crippen molar-refractivity contribution in [2.45, 2.75) is 50.3 Å². The second-order valence-electron chi connectivity index (χ2n) is 10.6. The SMILES string of the molecule is O=C(NCc1ccccn1)c1noc(-c2cnc3[nH]ccc3c2N[C@H]2[C@@H]3CC4C[C@H]2C[C@@](O)(C4)C3)n1. The van der Waals surface area contributed by atoms with Crippen molar-refractivity contribution in [2.24, 2.45) is 17.8 Å². The first-order chi connectivity index (χ1) is 17.5. The number of H-pyrrole nitrogens is 1. The Hall–Kier alpha value is -3.79. The highest BCUT2D eigenvalue weighted by atomic mass is 16.5. The molecule has 0 saturated heterocycles. The molecule has 10 nitrogen and oxygen atoms in total. The number of carbonyl (C=O) groups is 1. The maximum atomic E-state index is 12.6. The Morgan fingerprint density at radius 1 is 1.17 bits per heavy atom. The van der Waals surface area contributed by atoms with E-state index in [1.807, 2.05) is 30.5 Å². The number of aliphatic hydroxyl groups is 1. The van der Waals surface area contributed by atoms with Gasteiger partial charge in [0.2, 0.25) is 0 Å². The van der Waals surface area contributed by atoms with E-state index in [1.54, 1.807) is 12.4 Å². The van der Waals surface area contributed by atoms with Gasteiger partial charge in [-0.1, -0.05) is 11.2 Å². The van der Waals surface area contributed by atoms with Crippen molar-refractivity contribution in [1.82, 2.24) is 30.4 Å². The van der Waals surface area contributed by atoms with Crippen molar-refractivity contribution >= 4 is 22.6 Å². The third-order valence-corrected chi connectivity index (χ3v) is 8.15. The topological polar surface area (TPSA) is 142 Å². The van der Waals surface area contributed by atoms with E-state index >= 15 is 0 Å². The summed E-state index contributed by atoms with van der Waals surface area (Å²) in [6.45, 7) is 0.269. The predicted octanol–water partition coefficient (Wildman–Crippen LogP) is 3.29. The molecule has 8 rings (SSSR count). The summed E-state index contributed by atoms with van der Waals surface area (Å²) in [5.74, 6) is 1.23. The largest absolute Gasteiger partial charge is 0.390 e. The van der Waals surface area contributed by atoms with Gasteiger partial charge in [0.25, 0.3) is 17.6 Å². The minimum atomic E-state index is -0.497. The van der Waals surface area contributed by atoms with Crippen molar-refractivity contribution < 1.29 is 14.4 Å². The van der Waals surface area contributed by atoms with Crippen LogP contribution >= 0.6 is 0 Å². The molecule has 1 amide bonds. The van der Waals surface area contributed by atoms with E-state index in [2.05, 4.69) is 35.7 Å². The van der Waals surface area contributed by atoms with Crippen LogP contribution in [-0.4, -0.2) is 47.7 Å². The number of nitrogens with one attached hydrogen (secondary N) is 3. The number of rotatable bonds is 6. The zero-order chi connectivity index (χ0) is 24.3. The van der Waals surface area contributed by atoms with Gasteiger partial charge in [0.15, 0.2) is 0 Å². The van der Waals surface area contributed by atoms with Crippen LogP contribution in [-0.2, 0) is 6.54 Å². The number of fused-ring (bicyclic) bond motifs is 1. The number of pyridine rings is 2. The van der Waals surface area contributed by atoms with E-state index in [0.29, 0.717) is 23.3 Å². The van der Waals surface area contributed by atoms with Crippen molar-refractivity contribution in [3.8, 4) is 11.5 Å². The van der Waals surface area contributed by atoms with E-state index in [0.717, 1.165) is 54.5 Å². The number of anilines is 1. The number of hydrogen-bond acceptors (Lipinski definition) is 8. The van der Waals surface area contributed by atoms with Crippen molar-refractivity contribution in [2.75, 3.05) is 5.32 Å². The van der Waals surface area contributed by atoms with Gasteiger partial charge in [0.05, 0.1) is 29.1 Å². The van der Waals surface area contributed by atoms with Crippen LogP contribution in [0.5, 0.6) is 0 Å². The lowest BCUT2D eigenvalue weighted by molar-refractivity contribution is -0.129. The summed E-state index contributed by atoms with van der Waals surface area (Å²) in [5, 5.41) is 22.5. The number of aromatic nitrogens is 5. The molecule has 4 aliphatic carbocycles. The quantitative estimate of drug-likeness (QED) is 0.326. The van der Waals surface area contributed by atoms with Crippen LogP contribution in [0.15, 0.2) is 47.4 Å². The smallest absolute Gasteiger partial charge is 0.293 e. The molecule has 4 saturated carbocycles. The summed E-state index contributed by atoms with van der Waals surface area (Å²) in [6.07, 6.45) is 10.2. The fourth-order valence-electron chi connectivity index (χ4n) is 6.89.